The van der Waals surface area contributed by atoms with Gasteiger partial charge in [-0.1, -0.05) is 13.8 Å². The van der Waals surface area contributed by atoms with Gasteiger partial charge in [-0.25, -0.2) is 18.7 Å². The van der Waals surface area contributed by atoms with E-state index in [-0.39, 0.29) is 29.7 Å². The molecule has 1 aromatic carbocycles. The van der Waals surface area contributed by atoms with Gasteiger partial charge in [0.25, 0.3) is 0 Å². The van der Waals surface area contributed by atoms with Crippen molar-refractivity contribution in [1.82, 2.24) is 29.6 Å². The monoisotopic (exact) mass is 519 g/mol. The number of nitrogens with one attached hydrogen (secondary N) is 1. The average molecular weight is 520 g/mol. The normalized spacial score (nSPS) is 13.1. The number of nitrogens with zero attached hydrogens (tertiary/aromatic N) is 6. The lowest BCUT2D eigenvalue weighted by atomic mass is 9.92. The Morgan fingerprint density at radius 3 is 2.68 bits per heavy atom. The summed E-state index contributed by atoms with van der Waals surface area (Å²) in [5, 5.41) is 15.0. The molecule has 2 atom stereocenters. The molecule has 3 heterocycles. The van der Waals surface area contributed by atoms with Crippen molar-refractivity contribution in [3.8, 4) is 17.3 Å². The molecule has 4 aromatic rings. The highest BCUT2D eigenvalue weighted by Gasteiger charge is 2.23. The van der Waals surface area contributed by atoms with Crippen LogP contribution in [-0.2, 0) is 0 Å². The van der Waals surface area contributed by atoms with Gasteiger partial charge in [0.2, 0.25) is 0 Å². The smallest absolute Gasteiger partial charge is 0.166 e. The van der Waals surface area contributed by atoms with Crippen LogP contribution in [0.3, 0.4) is 0 Å². The molecule has 0 radical (unpaired) electrons. The minimum atomic E-state index is -0.757. The molecule has 0 aliphatic carbocycles. The van der Waals surface area contributed by atoms with Gasteiger partial charge in [0.1, 0.15) is 23.6 Å². The molecule has 8 nitrogen and oxygen atoms in total. The van der Waals surface area contributed by atoms with E-state index in [1.165, 1.54) is 6.33 Å². The van der Waals surface area contributed by atoms with Crippen LogP contribution in [0, 0.1) is 28.9 Å². The molecular formula is C28H31F2N7O. The number of benzene rings is 1. The topological polar surface area (TPSA) is 103 Å². The summed E-state index contributed by atoms with van der Waals surface area (Å²) in [5.41, 5.74) is 2.40. The predicted molar refractivity (Wildman–Crippen MR) is 140 cm³/mol. The van der Waals surface area contributed by atoms with Gasteiger partial charge in [0.05, 0.1) is 30.4 Å². The third kappa shape index (κ3) is 6.29. The van der Waals surface area contributed by atoms with Crippen LogP contribution < -0.4 is 0 Å². The maximum absolute atomic E-state index is 13.7. The van der Waals surface area contributed by atoms with E-state index in [9.17, 15) is 18.8 Å². The fourth-order valence-electron chi connectivity index (χ4n) is 4.81. The number of hydrogen-bond acceptors (Lipinski definition) is 6. The zero-order chi connectivity index (χ0) is 27.1. The highest BCUT2D eigenvalue weighted by atomic mass is 19.1. The van der Waals surface area contributed by atoms with Gasteiger partial charge < -0.3 is 9.88 Å². The lowest BCUT2D eigenvalue weighted by Crippen LogP contribution is -2.34. The maximum atomic E-state index is 13.7. The first-order valence-electron chi connectivity index (χ1n) is 12.9. The Labute approximate surface area is 220 Å². The summed E-state index contributed by atoms with van der Waals surface area (Å²) in [6, 6.07) is 6.94. The summed E-state index contributed by atoms with van der Waals surface area (Å²) in [5.74, 6) is -2.13. The number of carbonyl (C=O) groups is 1. The van der Waals surface area contributed by atoms with Crippen molar-refractivity contribution in [3.05, 3.63) is 66.4 Å². The second-order valence-corrected chi connectivity index (χ2v) is 9.40. The lowest BCUT2D eigenvalue weighted by Gasteiger charge is -2.28. The summed E-state index contributed by atoms with van der Waals surface area (Å²) in [6.07, 6.45) is 9.24. The first-order valence-corrected chi connectivity index (χ1v) is 12.9. The second kappa shape index (κ2) is 12.5. The van der Waals surface area contributed by atoms with Crippen LogP contribution in [0.4, 0.5) is 8.78 Å². The summed E-state index contributed by atoms with van der Waals surface area (Å²) in [7, 11) is 0. The Kier molecular flexibility index (Phi) is 8.92. The van der Waals surface area contributed by atoms with Gasteiger partial charge in [0.15, 0.2) is 5.78 Å². The quantitative estimate of drug-likeness (QED) is 0.232. The summed E-state index contributed by atoms with van der Waals surface area (Å²) >= 11 is 0. The minimum Gasteiger partial charge on any atom is -0.346 e. The van der Waals surface area contributed by atoms with Crippen molar-refractivity contribution >= 4 is 16.8 Å². The van der Waals surface area contributed by atoms with Crippen LogP contribution in [-0.4, -0.2) is 55.0 Å². The second-order valence-electron chi connectivity index (χ2n) is 9.40. The Bertz CT molecular complexity index is 1400. The lowest BCUT2D eigenvalue weighted by molar-refractivity contribution is 0.0894. The molecule has 38 heavy (non-hydrogen) atoms. The van der Waals surface area contributed by atoms with Gasteiger partial charge in [0, 0.05) is 47.4 Å². The van der Waals surface area contributed by atoms with Crippen molar-refractivity contribution in [1.29, 1.82) is 5.26 Å². The average Bonchev–Trinajstić information content (AvgIpc) is 3.58. The van der Waals surface area contributed by atoms with Crippen LogP contribution in [0.5, 0.6) is 0 Å². The van der Waals surface area contributed by atoms with Crippen molar-refractivity contribution in [2.24, 2.45) is 5.92 Å². The minimum absolute atomic E-state index is 0.0593. The number of fused-ring (bicyclic) bond motifs is 1. The molecule has 0 saturated heterocycles. The number of aromatic amines is 1. The van der Waals surface area contributed by atoms with E-state index in [4.69, 9.17) is 0 Å². The van der Waals surface area contributed by atoms with Crippen molar-refractivity contribution < 1.29 is 13.6 Å². The van der Waals surface area contributed by atoms with Crippen molar-refractivity contribution in [2.75, 3.05) is 19.6 Å². The van der Waals surface area contributed by atoms with E-state index in [0.717, 1.165) is 53.5 Å². The van der Waals surface area contributed by atoms with E-state index < -0.39 is 11.6 Å². The molecule has 2 unspecified atom stereocenters. The molecule has 0 bridgehead atoms. The predicted octanol–water partition coefficient (Wildman–Crippen LogP) is 5.57. The first kappa shape index (κ1) is 27.1. The third-order valence-corrected chi connectivity index (χ3v) is 6.74. The molecule has 198 valence electrons. The molecule has 1 N–H and O–H groups in total. The summed E-state index contributed by atoms with van der Waals surface area (Å²) in [4.78, 5) is 27.0. The third-order valence-electron chi connectivity index (χ3n) is 6.74. The van der Waals surface area contributed by atoms with E-state index in [2.05, 4.69) is 37.9 Å². The number of halogens is 2. The molecule has 0 saturated carbocycles. The molecule has 0 spiro atoms. The fraction of sp³-hybridized carbons (Fsp3) is 0.393. The van der Waals surface area contributed by atoms with E-state index in [1.807, 2.05) is 25.4 Å². The van der Waals surface area contributed by atoms with Crippen LogP contribution in [0.25, 0.3) is 22.3 Å². The summed E-state index contributed by atoms with van der Waals surface area (Å²) < 4.78 is 29.2. The van der Waals surface area contributed by atoms with Crippen molar-refractivity contribution in [2.45, 2.75) is 45.6 Å². The number of Topliss-reactive ketones (excluding diaryl/α,β-unsaturated/α-hetero) is 1. The molecule has 0 aliphatic rings. The highest BCUT2D eigenvalue weighted by molar-refractivity contribution is 5.97. The molecule has 10 heteroatoms. The molecule has 0 fully saturated rings. The maximum Gasteiger partial charge on any atom is 0.166 e. The number of rotatable bonds is 13. The van der Waals surface area contributed by atoms with E-state index >= 15 is 0 Å². The zero-order valence-corrected chi connectivity index (χ0v) is 21.6. The van der Waals surface area contributed by atoms with Crippen LogP contribution in [0.2, 0.25) is 0 Å². The molecular weight excluding hydrogens is 488 g/mol. The van der Waals surface area contributed by atoms with Crippen molar-refractivity contribution in [3.63, 3.8) is 0 Å². The highest BCUT2D eigenvalue weighted by Crippen LogP contribution is 2.26. The van der Waals surface area contributed by atoms with Gasteiger partial charge >= 0.3 is 0 Å². The number of carbonyl (C=O) groups excluding carboxylic acids is 1. The SMILES string of the molecule is CCCN(CCC(CC)C(=O)c1cc(F)cc(F)c1)CC(CC#N)n1cc(-c2ncnc3[nH]ccc23)cn1. The Balaban J connectivity index is 1.47. The van der Waals surface area contributed by atoms with Gasteiger partial charge in [-0.05, 0) is 50.6 Å². The summed E-state index contributed by atoms with van der Waals surface area (Å²) in [6.45, 7) is 5.95. The zero-order valence-electron chi connectivity index (χ0n) is 21.6. The Morgan fingerprint density at radius 2 is 1.97 bits per heavy atom. The number of H-pyrrole nitrogens is 1. The van der Waals surface area contributed by atoms with E-state index in [1.54, 1.807) is 10.9 Å². The number of hydrogen-bond donors (Lipinski definition) is 1. The standard InChI is InChI=1S/C28H31F2N7O/c1-3-10-36(11-7-19(4-2)27(38)20-12-22(29)14-23(30)13-20)17-24(5-8-31)37-16-21(15-35-37)26-25-6-9-32-28(25)34-18-33-26/h6,9,12-16,18-19,24H,3-5,7,10-11,17H2,1-2H3,(H,32,33,34). The largest absolute Gasteiger partial charge is 0.346 e. The van der Waals surface area contributed by atoms with Gasteiger partial charge in [-0.3, -0.25) is 9.48 Å². The van der Waals surface area contributed by atoms with Crippen LogP contribution >= 0.6 is 0 Å². The molecule has 0 amide bonds. The van der Waals surface area contributed by atoms with Crippen LogP contribution in [0.1, 0.15) is 55.9 Å². The van der Waals surface area contributed by atoms with Crippen LogP contribution in [0.15, 0.2) is 49.2 Å². The number of aromatic nitrogens is 5. The number of ketones is 1. The molecule has 0 aliphatic heterocycles. The molecule has 3 aromatic heterocycles. The molecule has 4 rings (SSSR count). The van der Waals surface area contributed by atoms with Gasteiger partial charge in [-0.2, -0.15) is 10.4 Å². The van der Waals surface area contributed by atoms with Gasteiger partial charge in [-0.15, -0.1) is 0 Å². The fourth-order valence-corrected chi connectivity index (χ4v) is 4.81. The number of nitriles is 1. The Hall–Kier alpha value is -3.97. The first-order chi connectivity index (χ1) is 18.4. The Morgan fingerprint density at radius 1 is 1.18 bits per heavy atom. The van der Waals surface area contributed by atoms with E-state index in [0.29, 0.717) is 25.9 Å².